The highest BCUT2D eigenvalue weighted by atomic mass is 19.2. The van der Waals surface area contributed by atoms with E-state index in [4.69, 9.17) is 18.7 Å². The van der Waals surface area contributed by atoms with Gasteiger partial charge >= 0.3 is 5.97 Å². The summed E-state index contributed by atoms with van der Waals surface area (Å²) in [5.74, 6) is -3.91. The molecular weight excluding hydrogens is 415 g/mol. The number of fused-ring (bicyclic) bond motifs is 1. The van der Waals surface area contributed by atoms with Crippen molar-refractivity contribution in [2.75, 3.05) is 14.2 Å². The third-order valence-electron chi connectivity index (χ3n) is 4.53. The second kappa shape index (κ2) is 8.02. The minimum Gasteiger partial charge on any atom is -0.493 e. The Labute approximate surface area is 173 Å². The largest absolute Gasteiger partial charge is 0.493 e. The van der Waals surface area contributed by atoms with Gasteiger partial charge in [0.1, 0.15) is 11.4 Å². The van der Waals surface area contributed by atoms with Crippen LogP contribution in [0.1, 0.15) is 10.4 Å². The van der Waals surface area contributed by atoms with Crippen LogP contribution in [0.2, 0.25) is 0 Å². The summed E-state index contributed by atoms with van der Waals surface area (Å²) in [5.41, 5.74) is 0.557. The van der Waals surface area contributed by atoms with E-state index in [9.17, 15) is 18.0 Å². The SMILES string of the molecule is COc1ccc(C(=O)Oc2ccc3c(-c4cc(F)c(F)c(F)c4)noc3c2)cc1OC. The van der Waals surface area contributed by atoms with Gasteiger partial charge in [-0.15, -0.1) is 0 Å². The van der Waals surface area contributed by atoms with Gasteiger partial charge in [-0.05, 0) is 42.5 Å². The number of benzene rings is 3. The van der Waals surface area contributed by atoms with Crippen molar-refractivity contribution in [2.24, 2.45) is 0 Å². The summed E-state index contributed by atoms with van der Waals surface area (Å²) in [6.45, 7) is 0. The third kappa shape index (κ3) is 3.77. The first kappa shape index (κ1) is 20.3. The minimum absolute atomic E-state index is 0.00484. The number of carbonyl (C=O) groups is 1. The second-order valence-electron chi connectivity index (χ2n) is 6.40. The van der Waals surface area contributed by atoms with Crippen LogP contribution in [-0.2, 0) is 0 Å². The Kier molecular flexibility index (Phi) is 5.24. The van der Waals surface area contributed by atoms with Crippen molar-refractivity contribution in [3.63, 3.8) is 0 Å². The Morgan fingerprint density at radius 1 is 0.903 bits per heavy atom. The fraction of sp³-hybridized carbons (Fsp3) is 0.0909. The molecule has 0 fully saturated rings. The lowest BCUT2D eigenvalue weighted by atomic mass is 10.1. The van der Waals surface area contributed by atoms with Crippen molar-refractivity contribution in [2.45, 2.75) is 0 Å². The topological polar surface area (TPSA) is 70.8 Å². The van der Waals surface area contributed by atoms with Crippen molar-refractivity contribution in [3.8, 4) is 28.5 Å². The van der Waals surface area contributed by atoms with Crippen LogP contribution in [0.25, 0.3) is 22.2 Å². The molecule has 0 aliphatic rings. The van der Waals surface area contributed by atoms with Crippen molar-refractivity contribution in [1.29, 1.82) is 0 Å². The van der Waals surface area contributed by atoms with Crippen LogP contribution in [0.5, 0.6) is 17.2 Å². The Morgan fingerprint density at radius 3 is 2.29 bits per heavy atom. The van der Waals surface area contributed by atoms with Crippen LogP contribution in [-0.4, -0.2) is 25.3 Å². The Morgan fingerprint density at radius 2 is 1.61 bits per heavy atom. The van der Waals surface area contributed by atoms with Crippen LogP contribution >= 0.6 is 0 Å². The lowest BCUT2D eigenvalue weighted by molar-refractivity contribution is 0.0734. The molecule has 4 rings (SSSR count). The lowest BCUT2D eigenvalue weighted by Crippen LogP contribution is -2.08. The Bertz CT molecular complexity index is 1280. The zero-order valence-electron chi connectivity index (χ0n) is 16.2. The summed E-state index contributed by atoms with van der Waals surface area (Å²) in [5, 5.41) is 4.20. The number of halogens is 3. The van der Waals surface area contributed by atoms with E-state index in [1.165, 1.54) is 44.6 Å². The number of esters is 1. The molecule has 0 saturated heterocycles. The van der Waals surface area contributed by atoms with Gasteiger partial charge in [-0.25, -0.2) is 18.0 Å². The fourth-order valence-electron chi connectivity index (χ4n) is 3.01. The molecule has 0 amide bonds. The van der Waals surface area contributed by atoms with Crippen LogP contribution in [0.4, 0.5) is 13.2 Å². The van der Waals surface area contributed by atoms with Crippen molar-refractivity contribution >= 4 is 16.9 Å². The smallest absolute Gasteiger partial charge is 0.343 e. The van der Waals surface area contributed by atoms with Crippen LogP contribution in [0.3, 0.4) is 0 Å². The average Bonchev–Trinajstić information content (AvgIpc) is 3.19. The van der Waals surface area contributed by atoms with E-state index in [1.54, 1.807) is 6.07 Å². The number of carbonyl (C=O) groups excluding carboxylic acids is 1. The molecule has 0 radical (unpaired) electrons. The predicted octanol–water partition coefficient (Wildman–Crippen LogP) is 5.15. The number of aromatic nitrogens is 1. The van der Waals surface area contributed by atoms with Gasteiger partial charge in [0.15, 0.2) is 34.5 Å². The first-order valence-electron chi connectivity index (χ1n) is 8.90. The molecule has 31 heavy (non-hydrogen) atoms. The maximum atomic E-state index is 13.6. The monoisotopic (exact) mass is 429 g/mol. The van der Waals surface area contributed by atoms with Crippen LogP contribution < -0.4 is 14.2 Å². The van der Waals surface area contributed by atoms with E-state index in [-0.39, 0.29) is 28.2 Å². The molecular formula is C22H14F3NO5. The molecule has 1 aromatic heterocycles. The molecule has 0 atom stereocenters. The summed E-state index contributed by atoms with van der Waals surface area (Å²) in [6.07, 6.45) is 0. The molecule has 6 nitrogen and oxygen atoms in total. The quantitative estimate of drug-likeness (QED) is 0.248. The van der Waals surface area contributed by atoms with Crippen molar-refractivity contribution in [3.05, 3.63) is 71.5 Å². The van der Waals surface area contributed by atoms with E-state index in [2.05, 4.69) is 5.16 Å². The standard InChI is InChI=1S/C22H14F3NO5/c1-28-17-6-3-11(9-19(17)29-2)22(27)30-13-4-5-14-18(10-13)31-26-21(14)12-7-15(23)20(25)16(24)8-12/h3-10H,1-2H3. The van der Waals surface area contributed by atoms with Gasteiger partial charge < -0.3 is 18.7 Å². The van der Waals surface area contributed by atoms with Gasteiger partial charge in [0.05, 0.1) is 19.8 Å². The number of hydrogen-bond acceptors (Lipinski definition) is 6. The Hall–Kier alpha value is -4.01. The van der Waals surface area contributed by atoms with Gasteiger partial charge in [-0.3, -0.25) is 0 Å². The molecule has 0 saturated carbocycles. The molecule has 4 aromatic rings. The summed E-state index contributed by atoms with van der Waals surface area (Å²) in [4.78, 5) is 12.5. The van der Waals surface area contributed by atoms with E-state index < -0.39 is 23.4 Å². The van der Waals surface area contributed by atoms with Crippen LogP contribution in [0.15, 0.2) is 53.1 Å². The highest BCUT2D eigenvalue weighted by molar-refractivity contribution is 5.94. The number of rotatable bonds is 5. The highest BCUT2D eigenvalue weighted by Crippen LogP contribution is 2.33. The maximum absolute atomic E-state index is 13.6. The first-order valence-corrected chi connectivity index (χ1v) is 8.90. The third-order valence-corrected chi connectivity index (χ3v) is 4.53. The molecule has 9 heteroatoms. The number of hydrogen-bond donors (Lipinski definition) is 0. The minimum atomic E-state index is -1.57. The molecule has 0 aliphatic carbocycles. The maximum Gasteiger partial charge on any atom is 0.343 e. The second-order valence-corrected chi connectivity index (χ2v) is 6.40. The number of ether oxygens (including phenoxy) is 3. The molecule has 0 aliphatic heterocycles. The van der Waals surface area contributed by atoms with Crippen molar-refractivity contribution in [1.82, 2.24) is 5.16 Å². The number of methoxy groups -OCH3 is 2. The Balaban J connectivity index is 1.62. The summed E-state index contributed by atoms with van der Waals surface area (Å²) in [6, 6.07) is 10.6. The van der Waals surface area contributed by atoms with Gasteiger partial charge in [0, 0.05) is 17.0 Å². The molecule has 3 aromatic carbocycles. The highest BCUT2D eigenvalue weighted by Gasteiger charge is 2.18. The molecule has 1 heterocycles. The lowest BCUT2D eigenvalue weighted by Gasteiger charge is -2.09. The molecule has 0 bridgehead atoms. The van der Waals surface area contributed by atoms with E-state index in [0.717, 1.165) is 12.1 Å². The van der Waals surface area contributed by atoms with E-state index in [0.29, 0.717) is 16.9 Å². The van der Waals surface area contributed by atoms with E-state index >= 15 is 0 Å². The summed E-state index contributed by atoms with van der Waals surface area (Å²) < 4.78 is 61.2. The van der Waals surface area contributed by atoms with Gasteiger partial charge in [-0.2, -0.15) is 0 Å². The van der Waals surface area contributed by atoms with Gasteiger partial charge in [0.25, 0.3) is 0 Å². The zero-order valence-corrected chi connectivity index (χ0v) is 16.2. The zero-order chi connectivity index (χ0) is 22.1. The predicted molar refractivity (Wildman–Crippen MR) is 104 cm³/mol. The van der Waals surface area contributed by atoms with Crippen LogP contribution in [0, 0.1) is 17.5 Å². The van der Waals surface area contributed by atoms with Crippen molar-refractivity contribution < 1.29 is 36.7 Å². The van der Waals surface area contributed by atoms with E-state index in [1.807, 2.05) is 0 Å². The molecule has 0 unspecified atom stereocenters. The molecule has 0 spiro atoms. The normalized spacial score (nSPS) is 10.9. The number of nitrogens with zero attached hydrogens (tertiary/aromatic N) is 1. The average molecular weight is 429 g/mol. The fourth-order valence-corrected chi connectivity index (χ4v) is 3.01. The molecule has 0 N–H and O–H groups in total. The molecule has 158 valence electrons. The van der Waals surface area contributed by atoms with Gasteiger partial charge in [0.2, 0.25) is 0 Å². The summed E-state index contributed by atoms with van der Waals surface area (Å²) in [7, 11) is 2.92. The summed E-state index contributed by atoms with van der Waals surface area (Å²) >= 11 is 0. The first-order chi connectivity index (χ1) is 14.9. The van der Waals surface area contributed by atoms with Gasteiger partial charge in [-0.1, -0.05) is 5.16 Å².